The molecule has 0 aliphatic rings. The lowest BCUT2D eigenvalue weighted by atomic mass is 10.1. The number of Topliss-reactive ketones (excluding diaryl/α,β-unsaturated/α-hetero) is 1. The number of methoxy groups -OCH3 is 1. The molecule has 4 heteroatoms. The van der Waals surface area contributed by atoms with Gasteiger partial charge in [-0.15, -0.1) is 0 Å². The molecule has 0 unspecified atom stereocenters. The van der Waals surface area contributed by atoms with Gasteiger partial charge in [0.15, 0.2) is 17.3 Å². The number of hydrogen-bond acceptors (Lipinski definition) is 4. The van der Waals surface area contributed by atoms with Gasteiger partial charge < -0.3 is 14.6 Å². The Morgan fingerprint density at radius 3 is 2.65 bits per heavy atom. The molecule has 0 aromatic heterocycles. The predicted octanol–water partition coefficient (Wildman–Crippen LogP) is 1.97. The van der Waals surface area contributed by atoms with E-state index in [1.165, 1.54) is 14.0 Å². The van der Waals surface area contributed by atoms with Crippen molar-refractivity contribution in [1.29, 1.82) is 0 Å². The third-order valence-electron chi connectivity index (χ3n) is 2.42. The quantitative estimate of drug-likeness (QED) is 0.608. The fourth-order valence-electron chi connectivity index (χ4n) is 1.52. The van der Waals surface area contributed by atoms with Gasteiger partial charge in [-0.25, -0.2) is 0 Å². The van der Waals surface area contributed by atoms with Crippen LogP contribution in [0.15, 0.2) is 12.1 Å². The Morgan fingerprint density at radius 2 is 2.12 bits per heavy atom. The summed E-state index contributed by atoms with van der Waals surface area (Å²) in [6.07, 6.45) is 0.567. The van der Waals surface area contributed by atoms with E-state index in [9.17, 15) is 4.79 Å². The Hall–Kier alpha value is -1.55. The highest BCUT2D eigenvalue weighted by Gasteiger charge is 2.12. The molecule has 0 aliphatic carbocycles. The summed E-state index contributed by atoms with van der Waals surface area (Å²) in [5.74, 6) is 1.17. The van der Waals surface area contributed by atoms with Crippen LogP contribution in [0, 0.1) is 6.92 Å². The molecule has 0 radical (unpaired) electrons. The summed E-state index contributed by atoms with van der Waals surface area (Å²) in [5.41, 5.74) is 1.46. The highest BCUT2D eigenvalue weighted by Crippen LogP contribution is 2.32. The van der Waals surface area contributed by atoms with Crippen LogP contribution in [0.1, 0.15) is 29.3 Å². The molecule has 1 rings (SSSR count). The second-order valence-electron chi connectivity index (χ2n) is 3.81. The van der Waals surface area contributed by atoms with Gasteiger partial charge >= 0.3 is 0 Å². The third kappa shape index (κ3) is 3.46. The summed E-state index contributed by atoms with van der Waals surface area (Å²) < 4.78 is 10.7. The molecule has 0 bridgehead atoms. The number of carbonyl (C=O) groups excluding carboxylic acids is 1. The van der Waals surface area contributed by atoms with Gasteiger partial charge in [-0.05, 0) is 31.5 Å². The molecule has 0 saturated heterocycles. The van der Waals surface area contributed by atoms with Gasteiger partial charge in [-0.3, -0.25) is 4.79 Å². The van der Waals surface area contributed by atoms with E-state index in [-0.39, 0.29) is 12.4 Å². The smallest absolute Gasteiger partial charge is 0.164 e. The monoisotopic (exact) mass is 238 g/mol. The van der Waals surface area contributed by atoms with Crippen molar-refractivity contribution in [1.82, 2.24) is 0 Å². The molecule has 0 spiro atoms. The van der Waals surface area contributed by atoms with Crippen molar-refractivity contribution in [3.8, 4) is 11.5 Å². The second-order valence-corrected chi connectivity index (χ2v) is 3.81. The van der Waals surface area contributed by atoms with Gasteiger partial charge in [0.1, 0.15) is 0 Å². The first-order chi connectivity index (χ1) is 8.10. The van der Waals surface area contributed by atoms with Crippen LogP contribution in [-0.4, -0.2) is 31.2 Å². The number of aryl methyl sites for hydroxylation is 1. The van der Waals surface area contributed by atoms with Crippen LogP contribution in [0.5, 0.6) is 11.5 Å². The molecule has 17 heavy (non-hydrogen) atoms. The predicted molar refractivity (Wildman–Crippen MR) is 64.9 cm³/mol. The Labute approximate surface area is 101 Å². The summed E-state index contributed by atoms with van der Waals surface area (Å²) in [5, 5.41) is 8.70. The number of ether oxygens (including phenoxy) is 2. The molecule has 0 saturated carbocycles. The lowest BCUT2D eigenvalue weighted by Gasteiger charge is -2.14. The third-order valence-corrected chi connectivity index (χ3v) is 2.42. The number of hydrogen-bond donors (Lipinski definition) is 1. The Balaban J connectivity index is 2.99. The van der Waals surface area contributed by atoms with E-state index < -0.39 is 0 Å². The fraction of sp³-hybridized carbons (Fsp3) is 0.462. The highest BCUT2D eigenvalue weighted by atomic mass is 16.5. The Morgan fingerprint density at radius 1 is 1.41 bits per heavy atom. The van der Waals surface area contributed by atoms with Gasteiger partial charge in [-0.1, -0.05) is 0 Å². The maximum atomic E-state index is 11.3. The summed E-state index contributed by atoms with van der Waals surface area (Å²) in [7, 11) is 1.54. The van der Waals surface area contributed by atoms with Crippen molar-refractivity contribution in [3.63, 3.8) is 0 Å². The van der Waals surface area contributed by atoms with E-state index in [1.54, 1.807) is 12.1 Å². The number of carbonyl (C=O) groups is 1. The topological polar surface area (TPSA) is 55.8 Å². The van der Waals surface area contributed by atoms with E-state index in [0.717, 1.165) is 5.56 Å². The molecule has 0 amide bonds. The van der Waals surface area contributed by atoms with Crippen LogP contribution < -0.4 is 9.47 Å². The molecular formula is C13H18O4. The molecule has 0 atom stereocenters. The van der Waals surface area contributed by atoms with Gasteiger partial charge in [0.05, 0.1) is 13.7 Å². The average molecular weight is 238 g/mol. The van der Waals surface area contributed by atoms with Gasteiger partial charge in [0.2, 0.25) is 0 Å². The van der Waals surface area contributed by atoms with E-state index in [0.29, 0.717) is 30.1 Å². The van der Waals surface area contributed by atoms with E-state index >= 15 is 0 Å². The van der Waals surface area contributed by atoms with Gasteiger partial charge in [0.25, 0.3) is 0 Å². The number of benzene rings is 1. The zero-order valence-corrected chi connectivity index (χ0v) is 10.4. The minimum Gasteiger partial charge on any atom is -0.493 e. The molecule has 0 fully saturated rings. The average Bonchev–Trinajstić information content (AvgIpc) is 2.30. The zero-order chi connectivity index (χ0) is 12.8. The van der Waals surface area contributed by atoms with Crippen LogP contribution in [0.2, 0.25) is 0 Å². The van der Waals surface area contributed by atoms with Crippen molar-refractivity contribution in [2.75, 3.05) is 20.3 Å². The number of ketones is 1. The largest absolute Gasteiger partial charge is 0.493 e. The Bertz CT molecular complexity index is 399. The van der Waals surface area contributed by atoms with Crippen LogP contribution in [0.25, 0.3) is 0 Å². The standard InChI is InChI=1S/C13H18O4/c1-9-7-11(10(2)15)8-12(16-3)13(9)17-6-4-5-14/h7-8,14H,4-6H2,1-3H3. The molecule has 1 aromatic rings. The maximum Gasteiger partial charge on any atom is 0.164 e. The molecule has 4 nitrogen and oxygen atoms in total. The highest BCUT2D eigenvalue weighted by molar-refractivity contribution is 5.95. The van der Waals surface area contributed by atoms with Gasteiger partial charge in [-0.2, -0.15) is 0 Å². The summed E-state index contributed by atoms with van der Waals surface area (Å²) in [6, 6.07) is 3.45. The molecule has 0 aliphatic heterocycles. The summed E-state index contributed by atoms with van der Waals surface area (Å²) in [4.78, 5) is 11.3. The molecule has 94 valence electrons. The van der Waals surface area contributed by atoms with Crippen molar-refractivity contribution >= 4 is 5.78 Å². The molecule has 1 aromatic carbocycles. The fourth-order valence-corrected chi connectivity index (χ4v) is 1.52. The SMILES string of the molecule is COc1cc(C(C)=O)cc(C)c1OCCCO. The van der Waals surface area contributed by atoms with Gasteiger partial charge in [0, 0.05) is 18.6 Å². The zero-order valence-electron chi connectivity index (χ0n) is 10.4. The van der Waals surface area contributed by atoms with E-state index in [1.807, 2.05) is 6.92 Å². The minimum atomic E-state index is -0.00620. The first-order valence-electron chi connectivity index (χ1n) is 5.53. The number of rotatable bonds is 6. The second kappa shape index (κ2) is 6.25. The molecule has 0 heterocycles. The number of aliphatic hydroxyl groups excluding tert-OH is 1. The number of aliphatic hydroxyl groups is 1. The lowest BCUT2D eigenvalue weighted by molar-refractivity contribution is 0.101. The maximum absolute atomic E-state index is 11.3. The van der Waals surface area contributed by atoms with E-state index in [4.69, 9.17) is 14.6 Å². The van der Waals surface area contributed by atoms with Crippen molar-refractivity contribution in [3.05, 3.63) is 23.3 Å². The first kappa shape index (κ1) is 13.5. The normalized spacial score (nSPS) is 10.1. The van der Waals surface area contributed by atoms with Crippen molar-refractivity contribution in [2.45, 2.75) is 20.3 Å². The minimum absolute atomic E-state index is 0.00620. The van der Waals surface area contributed by atoms with Crippen LogP contribution in [0.4, 0.5) is 0 Å². The molecular weight excluding hydrogens is 220 g/mol. The summed E-state index contributed by atoms with van der Waals surface area (Å²) >= 11 is 0. The lowest BCUT2D eigenvalue weighted by Crippen LogP contribution is -2.04. The van der Waals surface area contributed by atoms with Crippen LogP contribution in [-0.2, 0) is 0 Å². The first-order valence-corrected chi connectivity index (χ1v) is 5.53. The summed E-state index contributed by atoms with van der Waals surface area (Å²) in [6.45, 7) is 3.89. The Kier molecular flexibility index (Phi) is 4.97. The van der Waals surface area contributed by atoms with Crippen molar-refractivity contribution in [2.24, 2.45) is 0 Å². The molecule has 1 N–H and O–H groups in total. The van der Waals surface area contributed by atoms with Crippen LogP contribution in [0.3, 0.4) is 0 Å². The van der Waals surface area contributed by atoms with Crippen LogP contribution >= 0.6 is 0 Å². The van der Waals surface area contributed by atoms with Crippen molar-refractivity contribution < 1.29 is 19.4 Å². The van der Waals surface area contributed by atoms with E-state index in [2.05, 4.69) is 0 Å².